The second-order valence-electron chi connectivity index (χ2n) is 6.43. The first kappa shape index (κ1) is 16.1. The van der Waals surface area contributed by atoms with Gasteiger partial charge < -0.3 is 0 Å². The van der Waals surface area contributed by atoms with E-state index in [4.69, 9.17) is 0 Å². The molecule has 23 heavy (non-hydrogen) atoms. The summed E-state index contributed by atoms with van der Waals surface area (Å²) in [4.78, 5) is 0. The largest absolute Gasteiger partial charge is 0.206 e. The Morgan fingerprint density at radius 2 is 1.74 bits per heavy atom. The molecule has 2 aromatic carbocycles. The molecule has 0 amide bonds. The van der Waals surface area contributed by atoms with Gasteiger partial charge in [0.05, 0.1) is 5.39 Å². The number of benzene rings is 2. The summed E-state index contributed by atoms with van der Waals surface area (Å²) < 4.78 is 43.4. The summed E-state index contributed by atoms with van der Waals surface area (Å²) in [5.41, 5.74) is 0.802. The van der Waals surface area contributed by atoms with Crippen molar-refractivity contribution >= 4 is 10.8 Å². The Balaban J connectivity index is 2.06. The van der Waals surface area contributed by atoms with E-state index in [1.165, 1.54) is 0 Å². The smallest absolute Gasteiger partial charge is 0.169 e. The van der Waals surface area contributed by atoms with Gasteiger partial charge in [0.2, 0.25) is 0 Å². The van der Waals surface area contributed by atoms with Crippen molar-refractivity contribution in [2.45, 2.75) is 44.9 Å². The second kappa shape index (κ2) is 6.38. The van der Waals surface area contributed by atoms with Crippen LogP contribution in [0.3, 0.4) is 0 Å². The Labute approximate surface area is 135 Å². The van der Waals surface area contributed by atoms with Gasteiger partial charge in [0.15, 0.2) is 11.6 Å². The lowest BCUT2D eigenvalue weighted by Crippen LogP contribution is -2.13. The summed E-state index contributed by atoms with van der Waals surface area (Å²) in [6, 6.07) is 4.99. The molecule has 0 atom stereocenters. The molecule has 1 aliphatic carbocycles. The average Bonchev–Trinajstić information content (AvgIpc) is 2.58. The predicted molar refractivity (Wildman–Crippen MR) is 88.1 cm³/mol. The molecule has 0 aromatic heterocycles. The molecule has 2 aromatic rings. The van der Waals surface area contributed by atoms with Crippen LogP contribution in [0, 0.1) is 23.4 Å². The molecule has 0 bridgehead atoms. The van der Waals surface area contributed by atoms with Gasteiger partial charge >= 0.3 is 0 Å². The van der Waals surface area contributed by atoms with Gasteiger partial charge in [0, 0.05) is 0 Å². The van der Waals surface area contributed by atoms with Crippen molar-refractivity contribution in [2.75, 3.05) is 0 Å². The summed E-state index contributed by atoms with van der Waals surface area (Å²) in [6.07, 6.45) is 5.90. The fourth-order valence-corrected chi connectivity index (χ4v) is 3.68. The molecule has 1 fully saturated rings. The summed E-state index contributed by atoms with van der Waals surface area (Å²) in [7, 11) is 0. The zero-order valence-electron chi connectivity index (χ0n) is 13.3. The normalized spacial score (nSPS) is 21.6. The summed E-state index contributed by atoms with van der Waals surface area (Å²) >= 11 is 0. The number of allylic oxidation sites excluding steroid dienone is 1. The molecule has 0 unspecified atom stereocenters. The van der Waals surface area contributed by atoms with E-state index in [1.807, 2.05) is 6.08 Å². The molecular formula is C20H21F3. The van der Waals surface area contributed by atoms with E-state index in [9.17, 15) is 13.2 Å². The van der Waals surface area contributed by atoms with Crippen LogP contribution >= 0.6 is 0 Å². The molecule has 1 aliphatic rings. The topological polar surface area (TPSA) is 0 Å². The first-order valence-electron chi connectivity index (χ1n) is 8.28. The van der Waals surface area contributed by atoms with E-state index >= 15 is 0 Å². The zero-order valence-corrected chi connectivity index (χ0v) is 13.3. The lowest BCUT2D eigenvalue weighted by atomic mass is 9.78. The Kier molecular flexibility index (Phi) is 4.47. The molecule has 122 valence electrons. The quantitative estimate of drug-likeness (QED) is 0.584. The van der Waals surface area contributed by atoms with Crippen molar-refractivity contribution < 1.29 is 13.2 Å². The molecule has 3 heteroatoms. The number of hydrogen-bond acceptors (Lipinski definition) is 0. The minimum atomic E-state index is -1.05. The Bertz CT molecular complexity index is 740. The SMILES string of the molecule is C=CC1CCC(c2cc3ccc(CC)c(F)c3c(F)c2F)CC1. The van der Waals surface area contributed by atoms with Crippen molar-refractivity contribution in [1.29, 1.82) is 0 Å². The lowest BCUT2D eigenvalue weighted by Gasteiger charge is -2.27. The van der Waals surface area contributed by atoms with Gasteiger partial charge in [-0.05, 0) is 66.5 Å². The van der Waals surface area contributed by atoms with Crippen molar-refractivity contribution in [2.24, 2.45) is 5.92 Å². The monoisotopic (exact) mass is 318 g/mol. The van der Waals surface area contributed by atoms with Gasteiger partial charge in [-0.1, -0.05) is 25.1 Å². The third kappa shape index (κ3) is 2.77. The Morgan fingerprint density at radius 3 is 2.35 bits per heavy atom. The van der Waals surface area contributed by atoms with E-state index in [-0.39, 0.29) is 11.3 Å². The minimum absolute atomic E-state index is 0.000914. The third-order valence-electron chi connectivity index (χ3n) is 5.16. The second-order valence-corrected chi connectivity index (χ2v) is 6.43. The van der Waals surface area contributed by atoms with Gasteiger partial charge in [-0.2, -0.15) is 0 Å². The van der Waals surface area contributed by atoms with Crippen LogP contribution in [-0.2, 0) is 6.42 Å². The summed E-state index contributed by atoms with van der Waals surface area (Å²) in [5.74, 6) is -2.10. The molecule has 0 nitrogen and oxygen atoms in total. The number of aryl methyl sites for hydroxylation is 1. The van der Waals surface area contributed by atoms with Crippen LogP contribution in [0.25, 0.3) is 10.8 Å². The first-order valence-corrected chi connectivity index (χ1v) is 8.28. The highest BCUT2D eigenvalue weighted by atomic mass is 19.2. The van der Waals surface area contributed by atoms with Crippen LogP contribution in [0.5, 0.6) is 0 Å². The molecule has 0 radical (unpaired) electrons. The van der Waals surface area contributed by atoms with E-state index in [1.54, 1.807) is 25.1 Å². The van der Waals surface area contributed by atoms with Crippen LogP contribution in [0.15, 0.2) is 30.9 Å². The maximum Gasteiger partial charge on any atom is 0.169 e. The van der Waals surface area contributed by atoms with E-state index in [0.29, 0.717) is 28.9 Å². The molecule has 0 aliphatic heterocycles. The van der Waals surface area contributed by atoms with Gasteiger partial charge in [0.25, 0.3) is 0 Å². The van der Waals surface area contributed by atoms with E-state index in [0.717, 1.165) is 25.7 Å². The van der Waals surface area contributed by atoms with E-state index in [2.05, 4.69) is 6.58 Å². The molecule has 0 N–H and O–H groups in total. The fourth-order valence-electron chi connectivity index (χ4n) is 3.68. The highest BCUT2D eigenvalue weighted by Gasteiger charge is 2.26. The minimum Gasteiger partial charge on any atom is -0.206 e. The molecule has 0 spiro atoms. The average molecular weight is 318 g/mol. The Hall–Kier alpha value is -1.77. The first-order chi connectivity index (χ1) is 11.1. The van der Waals surface area contributed by atoms with Crippen molar-refractivity contribution in [3.63, 3.8) is 0 Å². The number of hydrogen-bond donors (Lipinski definition) is 0. The van der Waals surface area contributed by atoms with Gasteiger partial charge in [-0.25, -0.2) is 13.2 Å². The summed E-state index contributed by atoms with van der Waals surface area (Å²) in [5, 5.41) is 0.227. The standard InChI is InChI=1S/C20H21F3/c1-3-12-5-7-14(8-6-12)16-11-15-10-9-13(4-2)18(21)17(15)20(23)19(16)22/h3,9-12,14H,1,4-8H2,2H3. The predicted octanol–water partition coefficient (Wildman–Crippen LogP) is 6.28. The number of rotatable bonds is 3. The van der Waals surface area contributed by atoms with Crippen LogP contribution in [0.2, 0.25) is 0 Å². The maximum atomic E-state index is 14.5. The van der Waals surface area contributed by atoms with E-state index < -0.39 is 17.5 Å². The number of halogens is 3. The number of fused-ring (bicyclic) bond motifs is 1. The molecular weight excluding hydrogens is 297 g/mol. The van der Waals surface area contributed by atoms with Crippen LogP contribution in [0.4, 0.5) is 13.2 Å². The third-order valence-corrected chi connectivity index (χ3v) is 5.16. The molecule has 3 rings (SSSR count). The highest BCUT2D eigenvalue weighted by Crippen LogP contribution is 2.39. The zero-order chi connectivity index (χ0) is 16.6. The summed E-state index contributed by atoms with van der Waals surface area (Å²) in [6.45, 7) is 5.60. The van der Waals surface area contributed by atoms with Crippen LogP contribution < -0.4 is 0 Å². The van der Waals surface area contributed by atoms with Gasteiger partial charge in [-0.3, -0.25) is 0 Å². The van der Waals surface area contributed by atoms with Gasteiger partial charge in [-0.15, -0.1) is 6.58 Å². The molecule has 0 saturated heterocycles. The van der Waals surface area contributed by atoms with Crippen LogP contribution in [-0.4, -0.2) is 0 Å². The fraction of sp³-hybridized carbons (Fsp3) is 0.400. The molecule has 1 saturated carbocycles. The van der Waals surface area contributed by atoms with Crippen molar-refractivity contribution in [3.05, 3.63) is 59.4 Å². The van der Waals surface area contributed by atoms with Gasteiger partial charge in [0.1, 0.15) is 5.82 Å². The van der Waals surface area contributed by atoms with Crippen LogP contribution in [0.1, 0.15) is 49.7 Å². The highest BCUT2D eigenvalue weighted by molar-refractivity contribution is 5.85. The van der Waals surface area contributed by atoms with Crippen molar-refractivity contribution in [3.8, 4) is 0 Å². The maximum absolute atomic E-state index is 14.5. The molecule has 0 heterocycles. The Morgan fingerprint density at radius 1 is 1.04 bits per heavy atom. The van der Waals surface area contributed by atoms with Crippen molar-refractivity contribution in [1.82, 2.24) is 0 Å². The lowest BCUT2D eigenvalue weighted by molar-refractivity contribution is 0.365.